The average molecular weight is 254 g/mol. The highest BCUT2D eigenvalue weighted by atomic mass is 16.5. The summed E-state index contributed by atoms with van der Waals surface area (Å²) >= 11 is 0. The Morgan fingerprint density at radius 2 is 1.68 bits per heavy atom. The molecular formula is C17H18O2. The predicted octanol–water partition coefficient (Wildman–Crippen LogP) is 3.78. The molecule has 0 aliphatic heterocycles. The second-order valence-electron chi connectivity index (χ2n) is 4.53. The Bertz CT molecular complexity index is 532. The van der Waals surface area contributed by atoms with Crippen LogP contribution in [0.25, 0.3) is 0 Å². The molecule has 0 saturated carbocycles. The highest BCUT2D eigenvalue weighted by Gasteiger charge is 2.05. The molecule has 98 valence electrons. The first-order chi connectivity index (χ1) is 9.27. The quantitative estimate of drug-likeness (QED) is 0.599. The summed E-state index contributed by atoms with van der Waals surface area (Å²) in [7, 11) is 0. The number of benzene rings is 2. The van der Waals surface area contributed by atoms with Crippen LogP contribution in [0, 0.1) is 6.92 Å². The van der Waals surface area contributed by atoms with Crippen LogP contribution in [0.5, 0.6) is 0 Å². The highest BCUT2D eigenvalue weighted by molar-refractivity contribution is 5.89. The van der Waals surface area contributed by atoms with Gasteiger partial charge in [-0.15, -0.1) is 0 Å². The molecule has 2 rings (SSSR count). The van der Waals surface area contributed by atoms with Crippen LogP contribution >= 0.6 is 0 Å². The lowest BCUT2D eigenvalue weighted by molar-refractivity contribution is 0.0500. The van der Waals surface area contributed by atoms with Crippen LogP contribution in [0.2, 0.25) is 0 Å². The van der Waals surface area contributed by atoms with E-state index < -0.39 is 0 Å². The molecule has 0 aromatic heterocycles. The van der Waals surface area contributed by atoms with Gasteiger partial charge >= 0.3 is 5.97 Å². The molecule has 2 heteroatoms. The Kier molecular flexibility index (Phi) is 4.73. The fourth-order valence-electron chi connectivity index (χ4n) is 1.98. The van der Waals surface area contributed by atoms with E-state index in [1.54, 1.807) is 12.1 Å². The van der Waals surface area contributed by atoms with E-state index in [1.165, 1.54) is 11.1 Å². The molecule has 0 heterocycles. The van der Waals surface area contributed by atoms with Crippen molar-refractivity contribution in [3.8, 4) is 0 Å². The number of aryl methyl sites for hydroxylation is 2. The Morgan fingerprint density at radius 1 is 1.00 bits per heavy atom. The Hall–Kier alpha value is -2.09. The molecule has 0 radical (unpaired) electrons. The van der Waals surface area contributed by atoms with E-state index in [4.69, 9.17) is 4.74 Å². The summed E-state index contributed by atoms with van der Waals surface area (Å²) in [6.07, 6.45) is 1.79. The van der Waals surface area contributed by atoms with Crippen LogP contribution in [-0.4, -0.2) is 12.6 Å². The maximum absolute atomic E-state index is 11.7. The van der Waals surface area contributed by atoms with Gasteiger partial charge in [-0.2, -0.15) is 0 Å². The van der Waals surface area contributed by atoms with Crippen LogP contribution < -0.4 is 0 Å². The third-order valence-electron chi connectivity index (χ3n) is 3.09. The molecule has 2 nitrogen and oxygen atoms in total. The van der Waals surface area contributed by atoms with Gasteiger partial charge in [0, 0.05) is 0 Å². The number of carbonyl (C=O) groups is 1. The van der Waals surface area contributed by atoms with Crippen molar-refractivity contribution < 1.29 is 9.53 Å². The SMILES string of the molecule is Cc1ccccc1CCCOC(=O)c1ccccc1. The molecule has 0 fully saturated rings. The Labute approximate surface area is 114 Å². The summed E-state index contributed by atoms with van der Waals surface area (Å²) in [6.45, 7) is 2.56. The van der Waals surface area contributed by atoms with Gasteiger partial charge in [0.05, 0.1) is 12.2 Å². The van der Waals surface area contributed by atoms with Gasteiger partial charge in [0.1, 0.15) is 0 Å². The number of carbonyl (C=O) groups excluding carboxylic acids is 1. The molecule has 0 amide bonds. The molecule has 0 saturated heterocycles. The zero-order valence-corrected chi connectivity index (χ0v) is 11.1. The molecule has 2 aromatic carbocycles. The molecule has 0 atom stereocenters. The minimum Gasteiger partial charge on any atom is -0.462 e. The maximum atomic E-state index is 11.7. The Morgan fingerprint density at radius 3 is 2.42 bits per heavy atom. The van der Waals surface area contributed by atoms with E-state index in [0.29, 0.717) is 12.2 Å². The first-order valence-electron chi connectivity index (χ1n) is 6.54. The van der Waals surface area contributed by atoms with E-state index in [0.717, 1.165) is 12.8 Å². The smallest absolute Gasteiger partial charge is 0.338 e. The number of hydrogen-bond acceptors (Lipinski definition) is 2. The average Bonchev–Trinajstić information content (AvgIpc) is 2.46. The third-order valence-corrected chi connectivity index (χ3v) is 3.09. The summed E-state index contributed by atoms with van der Waals surface area (Å²) < 4.78 is 5.25. The van der Waals surface area contributed by atoms with E-state index in [9.17, 15) is 4.79 Å². The second-order valence-corrected chi connectivity index (χ2v) is 4.53. The largest absolute Gasteiger partial charge is 0.462 e. The van der Waals surface area contributed by atoms with Crippen LogP contribution in [0.1, 0.15) is 27.9 Å². The summed E-state index contributed by atoms with van der Waals surface area (Å²) in [5.41, 5.74) is 3.22. The summed E-state index contributed by atoms with van der Waals surface area (Å²) in [6, 6.07) is 17.4. The molecule has 0 aliphatic carbocycles. The van der Waals surface area contributed by atoms with Crippen molar-refractivity contribution in [1.29, 1.82) is 0 Å². The van der Waals surface area contributed by atoms with Crippen molar-refractivity contribution in [1.82, 2.24) is 0 Å². The number of ether oxygens (including phenoxy) is 1. The van der Waals surface area contributed by atoms with Gasteiger partial charge in [-0.25, -0.2) is 4.79 Å². The molecule has 0 unspecified atom stereocenters. The lowest BCUT2D eigenvalue weighted by Crippen LogP contribution is -2.07. The Balaban J connectivity index is 1.76. The maximum Gasteiger partial charge on any atom is 0.338 e. The van der Waals surface area contributed by atoms with Crippen molar-refractivity contribution in [3.05, 3.63) is 71.3 Å². The molecule has 19 heavy (non-hydrogen) atoms. The van der Waals surface area contributed by atoms with Crippen molar-refractivity contribution in [2.45, 2.75) is 19.8 Å². The molecule has 0 bridgehead atoms. The summed E-state index contributed by atoms with van der Waals surface area (Å²) in [5.74, 6) is -0.245. The van der Waals surface area contributed by atoms with E-state index in [-0.39, 0.29) is 5.97 Å². The van der Waals surface area contributed by atoms with E-state index in [1.807, 2.05) is 30.3 Å². The number of hydrogen-bond donors (Lipinski definition) is 0. The molecule has 2 aromatic rings. The molecular weight excluding hydrogens is 236 g/mol. The van der Waals surface area contributed by atoms with Crippen LogP contribution in [0.4, 0.5) is 0 Å². The fraction of sp³-hybridized carbons (Fsp3) is 0.235. The first kappa shape index (κ1) is 13.3. The van der Waals surface area contributed by atoms with Crippen molar-refractivity contribution >= 4 is 5.97 Å². The number of esters is 1. The minimum absolute atomic E-state index is 0.245. The standard InChI is InChI=1S/C17H18O2/c1-14-8-5-6-9-15(14)12-7-13-19-17(18)16-10-3-2-4-11-16/h2-6,8-11H,7,12-13H2,1H3. The predicted molar refractivity (Wildman–Crippen MR) is 76.2 cm³/mol. The van der Waals surface area contributed by atoms with E-state index >= 15 is 0 Å². The van der Waals surface area contributed by atoms with Crippen LogP contribution in [0.3, 0.4) is 0 Å². The lowest BCUT2D eigenvalue weighted by atomic mass is 10.0. The van der Waals surface area contributed by atoms with E-state index in [2.05, 4.69) is 19.1 Å². The highest BCUT2D eigenvalue weighted by Crippen LogP contribution is 2.10. The molecule has 0 aliphatic rings. The fourth-order valence-corrected chi connectivity index (χ4v) is 1.98. The van der Waals surface area contributed by atoms with Gasteiger partial charge < -0.3 is 4.74 Å². The van der Waals surface area contributed by atoms with Crippen molar-refractivity contribution in [2.75, 3.05) is 6.61 Å². The molecule has 0 spiro atoms. The van der Waals surface area contributed by atoms with Crippen LogP contribution in [0.15, 0.2) is 54.6 Å². The van der Waals surface area contributed by atoms with Gasteiger partial charge in [-0.1, -0.05) is 42.5 Å². The zero-order valence-electron chi connectivity index (χ0n) is 11.1. The first-order valence-corrected chi connectivity index (χ1v) is 6.54. The monoisotopic (exact) mass is 254 g/mol. The lowest BCUT2D eigenvalue weighted by Gasteiger charge is -2.06. The minimum atomic E-state index is -0.245. The normalized spacial score (nSPS) is 10.2. The van der Waals surface area contributed by atoms with Gasteiger partial charge in [0.2, 0.25) is 0 Å². The zero-order chi connectivity index (χ0) is 13.5. The molecule has 0 N–H and O–H groups in total. The topological polar surface area (TPSA) is 26.3 Å². The van der Waals surface area contributed by atoms with Gasteiger partial charge in [0.25, 0.3) is 0 Å². The van der Waals surface area contributed by atoms with Gasteiger partial charge in [-0.3, -0.25) is 0 Å². The second kappa shape index (κ2) is 6.74. The number of rotatable bonds is 5. The van der Waals surface area contributed by atoms with Crippen LogP contribution in [-0.2, 0) is 11.2 Å². The van der Waals surface area contributed by atoms with Gasteiger partial charge in [-0.05, 0) is 43.0 Å². The van der Waals surface area contributed by atoms with Crippen molar-refractivity contribution in [2.24, 2.45) is 0 Å². The van der Waals surface area contributed by atoms with Crippen molar-refractivity contribution in [3.63, 3.8) is 0 Å². The summed E-state index contributed by atoms with van der Waals surface area (Å²) in [4.78, 5) is 11.7. The summed E-state index contributed by atoms with van der Waals surface area (Å²) in [5, 5.41) is 0. The third kappa shape index (κ3) is 3.95. The van der Waals surface area contributed by atoms with Gasteiger partial charge in [0.15, 0.2) is 0 Å².